The highest BCUT2D eigenvalue weighted by Crippen LogP contribution is 2.24. The van der Waals surface area contributed by atoms with E-state index in [1.165, 1.54) is 12.8 Å². The maximum atomic E-state index is 12.6. The Hall–Kier alpha value is -4.13. The van der Waals surface area contributed by atoms with Crippen LogP contribution in [0.3, 0.4) is 0 Å². The highest BCUT2D eigenvalue weighted by atomic mass is 16.5. The fraction of sp³-hybridized carbons (Fsp3) is 0.400. The number of carbonyl (C=O) groups excluding carboxylic acids is 3. The molecule has 0 heterocycles. The third-order valence-corrected chi connectivity index (χ3v) is 6.66. The molecule has 0 bridgehead atoms. The Kier molecular flexibility index (Phi) is 13.6. The largest absolute Gasteiger partial charge is 0.493 e. The van der Waals surface area contributed by atoms with E-state index in [0.717, 1.165) is 36.8 Å². The van der Waals surface area contributed by atoms with Gasteiger partial charge in [-0.25, -0.2) is 9.59 Å². The van der Waals surface area contributed by atoms with E-state index in [9.17, 15) is 14.4 Å². The minimum absolute atomic E-state index is 0.102. The van der Waals surface area contributed by atoms with Crippen LogP contribution in [-0.2, 0) is 14.3 Å². The van der Waals surface area contributed by atoms with Crippen molar-refractivity contribution < 1.29 is 33.3 Å². The molecule has 1 atom stereocenters. The van der Waals surface area contributed by atoms with Gasteiger partial charge in [0.05, 0.1) is 30.4 Å². The molecular formula is C35H42O7. The van der Waals surface area contributed by atoms with E-state index < -0.39 is 5.97 Å². The van der Waals surface area contributed by atoms with E-state index in [-0.39, 0.29) is 18.0 Å². The number of carbonyl (C=O) groups is 3. The Morgan fingerprint density at radius 2 is 1.24 bits per heavy atom. The van der Waals surface area contributed by atoms with Gasteiger partial charge in [0.15, 0.2) is 0 Å². The van der Waals surface area contributed by atoms with Crippen molar-refractivity contribution in [3.63, 3.8) is 0 Å². The molecule has 0 saturated heterocycles. The second kappa shape index (κ2) is 17.6. The summed E-state index contributed by atoms with van der Waals surface area (Å²) in [5, 5.41) is 0. The maximum Gasteiger partial charge on any atom is 0.343 e. The average Bonchev–Trinajstić information content (AvgIpc) is 3.00. The molecule has 0 aromatic heterocycles. The number of benzene rings is 3. The van der Waals surface area contributed by atoms with Crippen LogP contribution in [0.4, 0.5) is 0 Å². The highest BCUT2D eigenvalue weighted by molar-refractivity contribution is 5.91. The molecule has 0 unspecified atom stereocenters. The van der Waals surface area contributed by atoms with Crippen LogP contribution in [0, 0.1) is 0 Å². The van der Waals surface area contributed by atoms with Gasteiger partial charge < -0.3 is 18.9 Å². The number of esters is 3. The third-order valence-electron chi connectivity index (χ3n) is 6.66. The molecule has 0 spiro atoms. The minimum Gasteiger partial charge on any atom is -0.493 e. The fourth-order valence-electron chi connectivity index (χ4n) is 4.25. The van der Waals surface area contributed by atoms with Gasteiger partial charge in [-0.05, 0) is 85.8 Å². The molecule has 0 radical (unpaired) electrons. The van der Waals surface area contributed by atoms with Crippen molar-refractivity contribution in [2.75, 3.05) is 13.2 Å². The summed E-state index contributed by atoms with van der Waals surface area (Å²) in [4.78, 5) is 36.5. The summed E-state index contributed by atoms with van der Waals surface area (Å²) >= 11 is 0. The van der Waals surface area contributed by atoms with Crippen LogP contribution in [0.5, 0.6) is 11.5 Å². The Morgan fingerprint density at radius 1 is 0.643 bits per heavy atom. The topological polar surface area (TPSA) is 88.1 Å². The number of rotatable bonds is 17. The summed E-state index contributed by atoms with van der Waals surface area (Å²) in [5.41, 5.74) is 2.79. The number of hydrogen-bond donors (Lipinski definition) is 0. The molecule has 0 aliphatic rings. The predicted octanol–water partition coefficient (Wildman–Crippen LogP) is 8.20. The number of hydrogen-bond acceptors (Lipinski definition) is 7. The zero-order valence-electron chi connectivity index (χ0n) is 24.9. The predicted molar refractivity (Wildman–Crippen MR) is 163 cm³/mol. The summed E-state index contributed by atoms with van der Waals surface area (Å²) in [7, 11) is 0. The highest BCUT2D eigenvalue weighted by Gasteiger charge is 2.13. The smallest absolute Gasteiger partial charge is 0.343 e. The molecule has 224 valence electrons. The molecule has 0 N–H and O–H groups in total. The quantitative estimate of drug-likeness (QED) is 0.0912. The monoisotopic (exact) mass is 574 g/mol. The van der Waals surface area contributed by atoms with Crippen LogP contribution in [0.2, 0.25) is 0 Å². The number of ether oxygens (including phenoxy) is 4. The zero-order valence-corrected chi connectivity index (χ0v) is 24.9. The van der Waals surface area contributed by atoms with Crippen LogP contribution in [-0.4, -0.2) is 37.2 Å². The first kappa shape index (κ1) is 32.4. The van der Waals surface area contributed by atoms with E-state index in [1.807, 2.05) is 38.1 Å². The molecule has 7 heteroatoms. The van der Waals surface area contributed by atoms with Gasteiger partial charge in [0.1, 0.15) is 11.5 Å². The summed E-state index contributed by atoms with van der Waals surface area (Å²) in [5.74, 6) is 0.0684. The normalized spacial score (nSPS) is 11.4. The molecule has 3 aromatic carbocycles. The standard InChI is InChI=1S/C35H42O7/c1-4-6-7-8-11-26(3)41-34(37)29-14-12-27(13-15-29)28-16-22-32(23-17-28)42-35(38)30-18-20-31(21-19-30)39-24-9-25-40-33(36)10-5-2/h12-23,26H,4-11,24-25H2,1-3H3/t26-/m0/s1. The Labute approximate surface area is 249 Å². The van der Waals surface area contributed by atoms with Crippen LogP contribution in [0.25, 0.3) is 11.1 Å². The van der Waals surface area contributed by atoms with Crippen molar-refractivity contribution in [3.8, 4) is 22.6 Å². The van der Waals surface area contributed by atoms with E-state index >= 15 is 0 Å². The van der Waals surface area contributed by atoms with Gasteiger partial charge in [0, 0.05) is 12.8 Å². The summed E-state index contributed by atoms with van der Waals surface area (Å²) in [6, 6.07) is 21.2. The van der Waals surface area contributed by atoms with E-state index in [2.05, 4.69) is 6.92 Å². The summed E-state index contributed by atoms with van der Waals surface area (Å²) < 4.78 is 21.9. The molecule has 3 aromatic rings. The molecule has 0 aliphatic heterocycles. The van der Waals surface area contributed by atoms with Gasteiger partial charge in [-0.15, -0.1) is 0 Å². The van der Waals surface area contributed by atoms with Gasteiger partial charge in [-0.3, -0.25) is 4.79 Å². The first-order chi connectivity index (χ1) is 20.4. The lowest BCUT2D eigenvalue weighted by molar-refractivity contribution is -0.143. The van der Waals surface area contributed by atoms with E-state index in [4.69, 9.17) is 18.9 Å². The van der Waals surface area contributed by atoms with Crippen molar-refractivity contribution in [1.29, 1.82) is 0 Å². The molecule has 0 aliphatic carbocycles. The number of unbranched alkanes of at least 4 members (excludes halogenated alkanes) is 3. The molecule has 42 heavy (non-hydrogen) atoms. The fourth-order valence-corrected chi connectivity index (χ4v) is 4.25. The van der Waals surface area contributed by atoms with E-state index in [0.29, 0.717) is 48.7 Å². The second-order valence-corrected chi connectivity index (χ2v) is 10.3. The van der Waals surface area contributed by atoms with Crippen LogP contribution in [0.15, 0.2) is 72.8 Å². The summed E-state index contributed by atoms with van der Waals surface area (Å²) in [6.07, 6.45) is 7.17. The molecule has 0 fully saturated rings. The van der Waals surface area contributed by atoms with Crippen molar-refractivity contribution in [2.24, 2.45) is 0 Å². The van der Waals surface area contributed by atoms with Crippen molar-refractivity contribution in [2.45, 2.75) is 78.2 Å². The first-order valence-electron chi connectivity index (χ1n) is 14.9. The lowest BCUT2D eigenvalue weighted by Gasteiger charge is -2.13. The second-order valence-electron chi connectivity index (χ2n) is 10.3. The van der Waals surface area contributed by atoms with Crippen LogP contribution in [0.1, 0.15) is 92.9 Å². The van der Waals surface area contributed by atoms with Crippen molar-refractivity contribution in [1.82, 2.24) is 0 Å². The third kappa shape index (κ3) is 11.0. The molecular weight excluding hydrogens is 532 g/mol. The molecule has 7 nitrogen and oxygen atoms in total. The maximum absolute atomic E-state index is 12.6. The molecule has 0 amide bonds. The Morgan fingerprint density at radius 3 is 1.88 bits per heavy atom. The molecule has 3 rings (SSSR count). The lowest BCUT2D eigenvalue weighted by atomic mass is 10.0. The van der Waals surface area contributed by atoms with Gasteiger partial charge in [-0.2, -0.15) is 0 Å². The summed E-state index contributed by atoms with van der Waals surface area (Å²) in [6.45, 7) is 6.77. The van der Waals surface area contributed by atoms with Crippen LogP contribution >= 0.6 is 0 Å². The van der Waals surface area contributed by atoms with Gasteiger partial charge in [0.2, 0.25) is 0 Å². The minimum atomic E-state index is -0.473. The first-order valence-corrected chi connectivity index (χ1v) is 14.9. The van der Waals surface area contributed by atoms with E-state index in [1.54, 1.807) is 48.5 Å². The molecule has 0 saturated carbocycles. The van der Waals surface area contributed by atoms with Crippen molar-refractivity contribution in [3.05, 3.63) is 83.9 Å². The average molecular weight is 575 g/mol. The lowest BCUT2D eigenvalue weighted by Crippen LogP contribution is -2.15. The van der Waals surface area contributed by atoms with Gasteiger partial charge >= 0.3 is 17.9 Å². The van der Waals surface area contributed by atoms with Crippen LogP contribution < -0.4 is 9.47 Å². The van der Waals surface area contributed by atoms with Gasteiger partial charge in [0.25, 0.3) is 0 Å². The van der Waals surface area contributed by atoms with Gasteiger partial charge in [-0.1, -0.05) is 57.4 Å². The SMILES string of the molecule is CCCCCC[C@H](C)OC(=O)c1ccc(-c2ccc(OC(=O)c3ccc(OCCCOC(=O)CCC)cc3)cc2)cc1. The Balaban J connectivity index is 1.44. The Bertz CT molecular complexity index is 1250. The van der Waals surface area contributed by atoms with Crippen molar-refractivity contribution >= 4 is 17.9 Å². The zero-order chi connectivity index (χ0) is 30.2.